The Balaban J connectivity index is 2.01. The number of carbonyl (C=O) groups is 3. The first-order valence-electron chi connectivity index (χ1n) is 10.6. The molecular weight excluding hydrogens is 446 g/mol. The Kier molecular flexibility index (Phi) is 10.2. The number of nitriles is 1. The van der Waals surface area contributed by atoms with E-state index in [1.54, 1.807) is 42.5 Å². The van der Waals surface area contributed by atoms with Crippen LogP contribution in [0.25, 0.3) is 0 Å². The monoisotopic (exact) mass is 471 g/mol. The summed E-state index contributed by atoms with van der Waals surface area (Å²) in [6, 6.07) is 13.6. The fraction of sp³-hybridized carbons (Fsp3) is 0.333. The van der Waals surface area contributed by atoms with Gasteiger partial charge in [0, 0.05) is 19.5 Å². The van der Waals surface area contributed by atoms with Crippen LogP contribution in [-0.4, -0.2) is 47.1 Å². The van der Waals surface area contributed by atoms with Crippen molar-refractivity contribution in [2.75, 3.05) is 13.1 Å². The van der Waals surface area contributed by atoms with Gasteiger partial charge in [-0.25, -0.2) is 9.59 Å². The van der Waals surface area contributed by atoms with Gasteiger partial charge in [-0.05, 0) is 36.2 Å². The highest BCUT2D eigenvalue weighted by Gasteiger charge is 2.22. The second-order valence-corrected chi connectivity index (χ2v) is 7.72. The fourth-order valence-corrected chi connectivity index (χ4v) is 3.23. The van der Waals surface area contributed by atoms with Crippen molar-refractivity contribution in [2.24, 2.45) is 0 Å². The molecular formula is C24H26ClN3O5. The number of unbranched alkanes of at least 4 members (excludes halogenated alkanes) is 1. The average Bonchev–Trinajstić information content (AvgIpc) is 2.80. The summed E-state index contributed by atoms with van der Waals surface area (Å²) < 4.78 is 5.39. The Hall–Kier alpha value is -3.57. The van der Waals surface area contributed by atoms with Gasteiger partial charge in [-0.3, -0.25) is 4.79 Å². The van der Waals surface area contributed by atoms with Crippen molar-refractivity contribution in [3.63, 3.8) is 0 Å². The van der Waals surface area contributed by atoms with Crippen molar-refractivity contribution in [2.45, 2.75) is 38.6 Å². The number of hydrogen-bond donors (Lipinski definition) is 2. The molecule has 1 atom stereocenters. The molecule has 0 unspecified atom stereocenters. The van der Waals surface area contributed by atoms with Gasteiger partial charge in [0.25, 0.3) is 5.91 Å². The number of amides is 2. The maximum Gasteiger partial charge on any atom is 0.415 e. The van der Waals surface area contributed by atoms with Crippen LogP contribution in [0.5, 0.6) is 5.75 Å². The summed E-state index contributed by atoms with van der Waals surface area (Å²) in [5.74, 6) is -1.47. The number of nitrogens with one attached hydrogen (secondary N) is 1. The van der Waals surface area contributed by atoms with E-state index in [9.17, 15) is 19.5 Å². The van der Waals surface area contributed by atoms with Gasteiger partial charge >= 0.3 is 12.1 Å². The van der Waals surface area contributed by atoms with Crippen molar-refractivity contribution < 1.29 is 24.2 Å². The lowest BCUT2D eigenvalue weighted by molar-refractivity contribution is -0.139. The predicted octanol–water partition coefficient (Wildman–Crippen LogP) is 4.28. The fourth-order valence-electron chi connectivity index (χ4n) is 3.00. The number of rotatable bonds is 11. The van der Waals surface area contributed by atoms with E-state index in [1.165, 1.54) is 11.0 Å². The summed E-state index contributed by atoms with van der Waals surface area (Å²) in [4.78, 5) is 38.0. The van der Waals surface area contributed by atoms with E-state index in [0.717, 1.165) is 12.8 Å². The standard InChI is InChI=1S/C24H26ClN3O5/c1-2-3-14-28(15-6-13-26)24(32)33-18-11-9-17(10-12-18)16-21(23(30)31)27-22(29)19-7-4-5-8-20(19)25/h4-5,7-12,21H,2-3,6,14-16H2,1H3,(H,27,29)(H,30,31)/t21-/m0/s1. The zero-order valence-corrected chi connectivity index (χ0v) is 19.0. The molecule has 0 aromatic heterocycles. The lowest BCUT2D eigenvalue weighted by atomic mass is 10.1. The van der Waals surface area contributed by atoms with Crippen molar-refractivity contribution in [3.05, 3.63) is 64.7 Å². The smallest absolute Gasteiger partial charge is 0.415 e. The van der Waals surface area contributed by atoms with E-state index in [-0.39, 0.29) is 23.4 Å². The summed E-state index contributed by atoms with van der Waals surface area (Å²) >= 11 is 6.01. The minimum Gasteiger partial charge on any atom is -0.480 e. The summed E-state index contributed by atoms with van der Waals surface area (Å²) in [7, 11) is 0. The Bertz CT molecular complexity index is 1000. The van der Waals surface area contributed by atoms with Crippen molar-refractivity contribution in [1.82, 2.24) is 10.2 Å². The Morgan fingerprint density at radius 3 is 2.45 bits per heavy atom. The third-order valence-corrected chi connectivity index (χ3v) is 5.15. The van der Waals surface area contributed by atoms with Crippen LogP contribution in [0.3, 0.4) is 0 Å². The zero-order valence-electron chi connectivity index (χ0n) is 18.3. The summed E-state index contributed by atoms with van der Waals surface area (Å²) in [5.41, 5.74) is 0.825. The molecule has 0 aliphatic rings. The van der Waals surface area contributed by atoms with Gasteiger partial charge in [-0.2, -0.15) is 5.26 Å². The molecule has 9 heteroatoms. The molecule has 2 amide bonds. The number of nitrogens with zero attached hydrogens (tertiary/aromatic N) is 2. The number of ether oxygens (including phenoxy) is 1. The molecule has 0 saturated heterocycles. The zero-order chi connectivity index (χ0) is 24.2. The van der Waals surface area contributed by atoms with Crippen LogP contribution in [0.1, 0.15) is 42.1 Å². The second kappa shape index (κ2) is 13.1. The van der Waals surface area contributed by atoms with Crippen LogP contribution in [0.15, 0.2) is 48.5 Å². The molecule has 0 saturated carbocycles. The van der Waals surface area contributed by atoms with Crippen LogP contribution in [0.2, 0.25) is 5.02 Å². The molecule has 0 aliphatic carbocycles. The first kappa shape index (κ1) is 25.7. The highest BCUT2D eigenvalue weighted by Crippen LogP contribution is 2.17. The summed E-state index contributed by atoms with van der Waals surface area (Å²) in [6.07, 6.45) is 1.42. The molecule has 8 nitrogen and oxygen atoms in total. The van der Waals surface area contributed by atoms with Gasteiger partial charge < -0.3 is 20.1 Å². The normalized spacial score (nSPS) is 11.2. The highest BCUT2D eigenvalue weighted by atomic mass is 35.5. The molecule has 0 bridgehead atoms. The number of hydrogen-bond acceptors (Lipinski definition) is 5. The number of halogens is 1. The van der Waals surface area contributed by atoms with Crippen molar-refractivity contribution >= 4 is 29.6 Å². The Morgan fingerprint density at radius 2 is 1.85 bits per heavy atom. The molecule has 2 rings (SSSR count). The molecule has 0 heterocycles. The average molecular weight is 472 g/mol. The van der Waals surface area contributed by atoms with Crippen LogP contribution in [0, 0.1) is 11.3 Å². The summed E-state index contributed by atoms with van der Waals surface area (Å²) in [5, 5.41) is 21.0. The van der Waals surface area contributed by atoms with E-state index >= 15 is 0 Å². The molecule has 0 spiro atoms. The minimum absolute atomic E-state index is 0.0323. The number of carboxylic acids is 1. The largest absolute Gasteiger partial charge is 0.480 e. The van der Waals surface area contributed by atoms with Gasteiger partial charge in [-0.1, -0.05) is 49.2 Å². The van der Waals surface area contributed by atoms with Gasteiger partial charge in [0.15, 0.2) is 0 Å². The number of aliphatic carboxylic acids is 1. The van der Waals surface area contributed by atoms with Crippen LogP contribution in [0.4, 0.5) is 4.79 Å². The molecule has 2 aromatic rings. The third kappa shape index (κ3) is 8.13. The van der Waals surface area contributed by atoms with Gasteiger partial charge in [0.2, 0.25) is 0 Å². The molecule has 174 valence electrons. The number of carbonyl (C=O) groups excluding carboxylic acids is 2. The van der Waals surface area contributed by atoms with E-state index in [2.05, 4.69) is 5.32 Å². The van der Waals surface area contributed by atoms with Gasteiger partial charge in [0.05, 0.1) is 23.1 Å². The van der Waals surface area contributed by atoms with Crippen LogP contribution in [-0.2, 0) is 11.2 Å². The van der Waals surface area contributed by atoms with Crippen molar-refractivity contribution in [1.29, 1.82) is 5.26 Å². The molecule has 0 radical (unpaired) electrons. The van der Waals surface area contributed by atoms with Gasteiger partial charge in [0.1, 0.15) is 11.8 Å². The quantitative estimate of drug-likeness (QED) is 0.504. The predicted molar refractivity (Wildman–Crippen MR) is 123 cm³/mol. The van der Waals surface area contributed by atoms with Crippen molar-refractivity contribution in [3.8, 4) is 11.8 Å². The Morgan fingerprint density at radius 1 is 1.15 bits per heavy atom. The topological polar surface area (TPSA) is 120 Å². The van der Waals surface area contributed by atoms with E-state index in [1.807, 2.05) is 13.0 Å². The lowest BCUT2D eigenvalue weighted by Gasteiger charge is -2.20. The maximum atomic E-state index is 12.4. The molecule has 33 heavy (non-hydrogen) atoms. The van der Waals surface area contributed by atoms with E-state index in [0.29, 0.717) is 24.4 Å². The molecule has 0 aliphatic heterocycles. The van der Waals surface area contributed by atoms with E-state index < -0.39 is 24.0 Å². The van der Waals surface area contributed by atoms with Gasteiger partial charge in [-0.15, -0.1) is 0 Å². The molecule has 2 N–H and O–H groups in total. The first-order chi connectivity index (χ1) is 15.8. The highest BCUT2D eigenvalue weighted by molar-refractivity contribution is 6.33. The van der Waals surface area contributed by atoms with E-state index in [4.69, 9.17) is 21.6 Å². The molecule has 0 fully saturated rings. The number of carboxylic acid groups (broad SMARTS) is 1. The lowest BCUT2D eigenvalue weighted by Crippen LogP contribution is -2.42. The minimum atomic E-state index is -1.19. The number of benzene rings is 2. The van der Waals surface area contributed by atoms with Crippen LogP contribution >= 0.6 is 11.6 Å². The Labute approximate surface area is 197 Å². The second-order valence-electron chi connectivity index (χ2n) is 7.31. The maximum absolute atomic E-state index is 12.4. The molecule has 2 aromatic carbocycles. The third-order valence-electron chi connectivity index (χ3n) is 4.82. The first-order valence-corrected chi connectivity index (χ1v) is 10.9. The SMILES string of the molecule is CCCCN(CCC#N)C(=O)Oc1ccc(C[C@H](NC(=O)c2ccccc2Cl)C(=O)O)cc1. The van der Waals surface area contributed by atoms with Crippen LogP contribution < -0.4 is 10.1 Å². The summed E-state index contributed by atoms with van der Waals surface area (Å²) in [6.45, 7) is 2.80.